The first kappa shape index (κ1) is 14.6. The van der Waals surface area contributed by atoms with Gasteiger partial charge in [-0.15, -0.1) is 0 Å². The van der Waals surface area contributed by atoms with E-state index < -0.39 is 21.6 Å². The molecule has 0 saturated carbocycles. The monoisotopic (exact) mass is 236 g/mol. The number of carboxylic acids is 1. The number of carbonyl (C=O) groups excluding carboxylic acids is 1. The quantitative estimate of drug-likeness (QED) is 0.511. The van der Waals surface area contributed by atoms with E-state index >= 15 is 0 Å². The molecule has 0 aliphatic rings. The third-order valence-electron chi connectivity index (χ3n) is 1.69. The molecule has 0 heterocycles. The van der Waals surface area contributed by atoms with Crippen LogP contribution in [0.25, 0.3) is 0 Å². The van der Waals surface area contributed by atoms with Gasteiger partial charge in [-0.05, 0) is 19.1 Å². The molecule has 0 aliphatic carbocycles. The molecule has 0 fully saturated rings. The molecule has 76 valence electrons. The number of rotatable bonds is 3. The standard InChI is InChI=1S/C9H10O4S.Na/c1-7-2-4-8(5-3-7)14(12,13)6-9(10)11;/h2-5H,6H2,1H3,(H,10,11);/q;+1/p-1. The van der Waals surface area contributed by atoms with Crippen molar-refractivity contribution in [1.82, 2.24) is 0 Å². The van der Waals surface area contributed by atoms with Crippen molar-refractivity contribution >= 4 is 15.8 Å². The summed E-state index contributed by atoms with van der Waals surface area (Å²) in [6, 6.07) is 5.99. The van der Waals surface area contributed by atoms with Gasteiger partial charge in [-0.25, -0.2) is 8.42 Å². The molecule has 6 heteroatoms. The van der Waals surface area contributed by atoms with Gasteiger partial charge < -0.3 is 9.90 Å². The van der Waals surface area contributed by atoms with Crippen LogP contribution in [0.1, 0.15) is 5.56 Å². The average Bonchev–Trinajstić information content (AvgIpc) is 2.02. The number of aryl methyl sites for hydroxylation is 1. The van der Waals surface area contributed by atoms with E-state index in [0.717, 1.165) is 5.56 Å². The minimum Gasteiger partial charge on any atom is -0.549 e. The van der Waals surface area contributed by atoms with Crippen LogP contribution in [-0.2, 0) is 14.6 Å². The molecule has 4 nitrogen and oxygen atoms in total. The fraction of sp³-hybridized carbons (Fsp3) is 0.222. The van der Waals surface area contributed by atoms with E-state index in [2.05, 4.69) is 0 Å². The van der Waals surface area contributed by atoms with Gasteiger partial charge in [0.25, 0.3) is 0 Å². The van der Waals surface area contributed by atoms with Crippen LogP contribution in [0.4, 0.5) is 0 Å². The Bertz CT molecular complexity index is 436. The number of hydrogen-bond donors (Lipinski definition) is 0. The molecular weight excluding hydrogens is 227 g/mol. The summed E-state index contributed by atoms with van der Waals surface area (Å²) in [6.45, 7) is 1.81. The Balaban J connectivity index is 0.00000196. The molecule has 1 aromatic carbocycles. The predicted molar refractivity (Wildman–Crippen MR) is 48.2 cm³/mol. The Morgan fingerprint density at radius 2 is 1.73 bits per heavy atom. The molecule has 0 radical (unpaired) electrons. The zero-order chi connectivity index (χ0) is 10.8. The van der Waals surface area contributed by atoms with Crippen molar-refractivity contribution in [3.63, 3.8) is 0 Å². The molecule has 0 atom stereocenters. The molecular formula is C9H9NaO4S. The van der Waals surface area contributed by atoms with Crippen molar-refractivity contribution in [2.24, 2.45) is 0 Å². The van der Waals surface area contributed by atoms with E-state index in [4.69, 9.17) is 0 Å². The van der Waals surface area contributed by atoms with Gasteiger partial charge in [0.2, 0.25) is 0 Å². The first-order valence-electron chi connectivity index (χ1n) is 3.91. The summed E-state index contributed by atoms with van der Waals surface area (Å²) >= 11 is 0. The van der Waals surface area contributed by atoms with Crippen molar-refractivity contribution in [3.05, 3.63) is 29.8 Å². The van der Waals surface area contributed by atoms with Crippen LogP contribution in [0.3, 0.4) is 0 Å². The van der Waals surface area contributed by atoms with Gasteiger partial charge >= 0.3 is 29.6 Å². The molecule has 1 aromatic rings. The largest absolute Gasteiger partial charge is 1.00 e. The summed E-state index contributed by atoms with van der Waals surface area (Å²) in [5, 5.41) is 10.2. The van der Waals surface area contributed by atoms with Gasteiger partial charge in [0.1, 0.15) is 0 Å². The Morgan fingerprint density at radius 3 is 2.13 bits per heavy atom. The van der Waals surface area contributed by atoms with Crippen molar-refractivity contribution < 1.29 is 47.9 Å². The second kappa shape index (κ2) is 5.65. The van der Waals surface area contributed by atoms with Crippen molar-refractivity contribution in [3.8, 4) is 0 Å². The summed E-state index contributed by atoms with van der Waals surface area (Å²) in [4.78, 5) is 10.2. The van der Waals surface area contributed by atoms with E-state index in [-0.39, 0.29) is 34.5 Å². The molecule has 15 heavy (non-hydrogen) atoms. The molecule has 1 rings (SSSR count). The molecule has 0 amide bonds. The average molecular weight is 236 g/mol. The number of benzene rings is 1. The smallest absolute Gasteiger partial charge is 0.549 e. The fourth-order valence-electron chi connectivity index (χ4n) is 0.984. The Hall–Kier alpha value is -0.360. The zero-order valence-electron chi connectivity index (χ0n) is 8.56. The number of carboxylic acid groups (broad SMARTS) is 1. The Labute approximate surface area is 111 Å². The van der Waals surface area contributed by atoms with Gasteiger partial charge in [0.05, 0.1) is 16.6 Å². The number of hydrogen-bond acceptors (Lipinski definition) is 4. The van der Waals surface area contributed by atoms with E-state index in [0.29, 0.717) is 0 Å². The maximum Gasteiger partial charge on any atom is 1.00 e. The molecule has 0 saturated heterocycles. The minimum absolute atomic E-state index is 0. The van der Waals surface area contributed by atoms with Crippen molar-refractivity contribution in [2.45, 2.75) is 11.8 Å². The number of aliphatic carboxylic acids is 1. The van der Waals surface area contributed by atoms with Gasteiger partial charge in [0, 0.05) is 0 Å². The van der Waals surface area contributed by atoms with E-state index in [1.54, 1.807) is 12.1 Å². The van der Waals surface area contributed by atoms with Gasteiger partial charge in [-0.3, -0.25) is 0 Å². The Morgan fingerprint density at radius 1 is 1.27 bits per heavy atom. The normalized spacial score (nSPS) is 10.5. The van der Waals surface area contributed by atoms with Crippen LogP contribution in [0.2, 0.25) is 0 Å². The van der Waals surface area contributed by atoms with Crippen LogP contribution < -0.4 is 34.7 Å². The van der Waals surface area contributed by atoms with Gasteiger partial charge in [-0.1, -0.05) is 17.7 Å². The van der Waals surface area contributed by atoms with Crippen molar-refractivity contribution in [1.29, 1.82) is 0 Å². The SMILES string of the molecule is Cc1ccc(S(=O)(=O)CC(=O)[O-])cc1.[Na+]. The number of carbonyl (C=O) groups is 1. The molecule has 0 bridgehead atoms. The minimum atomic E-state index is -3.74. The second-order valence-corrected chi connectivity index (χ2v) is 4.93. The molecule has 0 spiro atoms. The predicted octanol–water partition coefficient (Wildman–Crippen LogP) is -3.48. The van der Waals surface area contributed by atoms with Crippen LogP contribution in [0.15, 0.2) is 29.2 Å². The summed E-state index contributed by atoms with van der Waals surface area (Å²) < 4.78 is 22.7. The van der Waals surface area contributed by atoms with Crippen LogP contribution in [0.5, 0.6) is 0 Å². The third-order valence-corrected chi connectivity index (χ3v) is 3.29. The fourth-order valence-corrected chi connectivity index (χ4v) is 2.01. The summed E-state index contributed by atoms with van der Waals surface area (Å²) in [7, 11) is -3.74. The summed E-state index contributed by atoms with van der Waals surface area (Å²) in [5.41, 5.74) is 0.914. The topological polar surface area (TPSA) is 74.3 Å². The molecule has 0 unspecified atom stereocenters. The molecule has 0 aliphatic heterocycles. The third kappa shape index (κ3) is 4.34. The van der Waals surface area contributed by atoms with Crippen LogP contribution >= 0.6 is 0 Å². The maximum atomic E-state index is 11.3. The first-order valence-corrected chi connectivity index (χ1v) is 5.56. The summed E-state index contributed by atoms with van der Waals surface area (Å²) in [6.07, 6.45) is 0. The summed E-state index contributed by atoms with van der Waals surface area (Å²) in [5.74, 6) is -2.57. The van der Waals surface area contributed by atoms with E-state index in [1.807, 2.05) is 6.92 Å². The maximum absolute atomic E-state index is 11.3. The van der Waals surface area contributed by atoms with Gasteiger partial charge in [0.15, 0.2) is 9.84 Å². The molecule has 0 N–H and O–H groups in total. The van der Waals surface area contributed by atoms with Crippen LogP contribution in [0, 0.1) is 6.92 Å². The number of sulfone groups is 1. The van der Waals surface area contributed by atoms with Crippen LogP contribution in [-0.4, -0.2) is 20.1 Å². The first-order chi connectivity index (χ1) is 6.42. The van der Waals surface area contributed by atoms with E-state index in [9.17, 15) is 18.3 Å². The van der Waals surface area contributed by atoms with Gasteiger partial charge in [-0.2, -0.15) is 0 Å². The Kier molecular flexibility index (Phi) is 5.51. The molecule has 0 aromatic heterocycles. The zero-order valence-corrected chi connectivity index (χ0v) is 11.4. The second-order valence-electron chi connectivity index (χ2n) is 2.94. The van der Waals surface area contributed by atoms with Crippen molar-refractivity contribution in [2.75, 3.05) is 5.75 Å². The van der Waals surface area contributed by atoms with E-state index in [1.165, 1.54) is 12.1 Å².